The first-order valence-electron chi connectivity index (χ1n) is 12.0. The van der Waals surface area contributed by atoms with Crippen molar-refractivity contribution in [2.24, 2.45) is 21.9 Å². The molecular weight excluding hydrogens is 486 g/mol. The number of aliphatic imine (C=N–C) groups is 1. The minimum absolute atomic E-state index is 0.0827. The number of aromatic nitrogens is 1. The standard InChI is InChI=1S/C24H30ClN7O4/c1-13(23(33)30-21-16-11-36-12-17(16)21)22-29-19(8-20(26-2)32(22)27-3)28-18-7-14(25)9-31(24(18)34)15-5-4-6-35-10-15/h7-9,15-17,21,28-29H,3-6,10-12H2,1-2H3,(H,30,33)/b22-13+,26-20?/t15?,16-,17+,21?. The van der Waals surface area contributed by atoms with Crippen molar-refractivity contribution in [3.63, 3.8) is 0 Å². The first kappa shape index (κ1) is 24.5. The summed E-state index contributed by atoms with van der Waals surface area (Å²) in [5, 5.41) is 15.3. The molecular formula is C24H30ClN7O4. The number of carbonyl (C=O) groups is 1. The number of fused-ring (bicyclic) bond motifs is 1. The van der Waals surface area contributed by atoms with Gasteiger partial charge in [0, 0.05) is 50.5 Å². The maximum atomic E-state index is 13.3. The maximum Gasteiger partial charge on any atom is 0.274 e. The monoisotopic (exact) mass is 515 g/mol. The van der Waals surface area contributed by atoms with Gasteiger partial charge in [-0.25, -0.2) is 0 Å². The minimum atomic E-state index is -0.223. The van der Waals surface area contributed by atoms with Crippen LogP contribution in [0.1, 0.15) is 25.8 Å². The van der Waals surface area contributed by atoms with Crippen molar-refractivity contribution in [1.82, 2.24) is 20.2 Å². The van der Waals surface area contributed by atoms with E-state index in [2.05, 4.69) is 32.8 Å². The van der Waals surface area contributed by atoms with Crippen molar-refractivity contribution >= 4 is 35.7 Å². The summed E-state index contributed by atoms with van der Waals surface area (Å²) in [6, 6.07) is 1.61. The molecule has 0 radical (unpaired) electrons. The molecule has 2 unspecified atom stereocenters. The molecule has 0 spiro atoms. The van der Waals surface area contributed by atoms with Crippen LogP contribution in [0.3, 0.4) is 0 Å². The summed E-state index contributed by atoms with van der Waals surface area (Å²) >= 11 is 6.37. The van der Waals surface area contributed by atoms with Gasteiger partial charge in [0.1, 0.15) is 17.3 Å². The highest BCUT2D eigenvalue weighted by Crippen LogP contribution is 2.44. The van der Waals surface area contributed by atoms with Gasteiger partial charge in [-0.3, -0.25) is 14.6 Å². The second kappa shape index (κ2) is 10.1. The number of anilines is 1. The molecule has 36 heavy (non-hydrogen) atoms. The van der Waals surface area contributed by atoms with Crippen LogP contribution < -0.4 is 21.5 Å². The van der Waals surface area contributed by atoms with Crippen LogP contribution >= 0.6 is 11.6 Å². The molecule has 3 aliphatic heterocycles. The van der Waals surface area contributed by atoms with Crippen molar-refractivity contribution in [2.45, 2.75) is 31.8 Å². The van der Waals surface area contributed by atoms with Gasteiger partial charge in [0.2, 0.25) is 0 Å². The Bertz CT molecular complexity index is 1210. The van der Waals surface area contributed by atoms with E-state index in [0.717, 1.165) is 12.8 Å². The molecule has 0 aromatic carbocycles. The number of hydrazone groups is 1. The molecule has 1 aliphatic carbocycles. The second-order valence-corrected chi connectivity index (χ2v) is 9.77. The van der Waals surface area contributed by atoms with Gasteiger partial charge in [0.25, 0.3) is 11.5 Å². The Labute approximate surface area is 213 Å². The zero-order valence-electron chi connectivity index (χ0n) is 20.3. The SMILES string of the molecule is C=NN1C(=NC)C=C(Nc2cc(Cl)cn(C3CCCOC3)c2=O)N/C1=C(/C)C(=O)NC1[C@H]2COC[C@@H]12. The van der Waals surface area contributed by atoms with Gasteiger partial charge in [0.05, 0.1) is 36.5 Å². The summed E-state index contributed by atoms with van der Waals surface area (Å²) in [7, 11) is 1.61. The highest BCUT2D eigenvalue weighted by molar-refractivity contribution is 6.30. The van der Waals surface area contributed by atoms with E-state index in [-0.39, 0.29) is 29.2 Å². The van der Waals surface area contributed by atoms with E-state index >= 15 is 0 Å². The Morgan fingerprint density at radius 2 is 2.06 bits per heavy atom. The number of nitrogens with zero attached hydrogens (tertiary/aromatic N) is 4. The van der Waals surface area contributed by atoms with Gasteiger partial charge in [0.15, 0.2) is 5.84 Å². The molecule has 1 aromatic heterocycles. The number of amidine groups is 1. The van der Waals surface area contributed by atoms with Gasteiger partial charge < -0.3 is 30.0 Å². The fraction of sp³-hybridized carbons (Fsp3) is 0.500. The minimum Gasteiger partial charge on any atom is -0.381 e. The lowest BCUT2D eigenvalue weighted by Crippen LogP contribution is -2.42. The summed E-state index contributed by atoms with van der Waals surface area (Å²) in [5.41, 5.74) is 0.471. The molecule has 4 atom stereocenters. The van der Waals surface area contributed by atoms with Gasteiger partial charge in [-0.15, -0.1) is 0 Å². The molecule has 4 heterocycles. The highest BCUT2D eigenvalue weighted by atomic mass is 35.5. The number of hydrogen-bond acceptors (Lipinski definition) is 8. The predicted molar refractivity (Wildman–Crippen MR) is 137 cm³/mol. The van der Waals surface area contributed by atoms with Crippen molar-refractivity contribution in [2.75, 3.05) is 38.8 Å². The lowest BCUT2D eigenvalue weighted by molar-refractivity contribution is -0.118. The van der Waals surface area contributed by atoms with E-state index in [1.807, 2.05) is 0 Å². The lowest BCUT2D eigenvalue weighted by atomic mass is 10.1. The van der Waals surface area contributed by atoms with Crippen molar-refractivity contribution in [3.8, 4) is 0 Å². The van der Waals surface area contributed by atoms with Crippen molar-refractivity contribution in [3.05, 3.63) is 50.9 Å². The van der Waals surface area contributed by atoms with E-state index in [0.29, 0.717) is 66.3 Å². The van der Waals surface area contributed by atoms with Crippen LogP contribution in [-0.4, -0.2) is 67.6 Å². The number of pyridine rings is 1. The summed E-state index contributed by atoms with van der Waals surface area (Å²) in [5.74, 6) is 1.81. The van der Waals surface area contributed by atoms with Gasteiger partial charge in [-0.2, -0.15) is 10.1 Å². The number of nitrogens with one attached hydrogen (secondary N) is 3. The smallest absolute Gasteiger partial charge is 0.274 e. The van der Waals surface area contributed by atoms with Crippen LogP contribution in [0.4, 0.5) is 5.69 Å². The number of rotatable bonds is 6. The van der Waals surface area contributed by atoms with Crippen molar-refractivity contribution in [1.29, 1.82) is 0 Å². The van der Waals surface area contributed by atoms with E-state index < -0.39 is 0 Å². The number of carbonyl (C=O) groups excluding carboxylic acids is 1. The Morgan fingerprint density at radius 1 is 1.28 bits per heavy atom. The summed E-state index contributed by atoms with van der Waals surface area (Å²) < 4.78 is 12.6. The Balaban J connectivity index is 1.41. The van der Waals surface area contributed by atoms with Crippen LogP contribution in [0.25, 0.3) is 0 Å². The number of halogens is 1. The molecule has 3 fully saturated rings. The van der Waals surface area contributed by atoms with Gasteiger partial charge in [-0.05, 0) is 25.8 Å². The van der Waals surface area contributed by atoms with E-state index in [4.69, 9.17) is 21.1 Å². The zero-order valence-corrected chi connectivity index (χ0v) is 21.0. The highest BCUT2D eigenvalue weighted by Gasteiger charge is 2.54. The molecule has 1 aromatic rings. The third kappa shape index (κ3) is 4.65. The molecule has 3 N–H and O–H groups in total. The quantitative estimate of drug-likeness (QED) is 0.389. The molecule has 4 aliphatic rings. The predicted octanol–water partition coefficient (Wildman–Crippen LogP) is 1.65. The van der Waals surface area contributed by atoms with Gasteiger partial charge in [-0.1, -0.05) is 11.6 Å². The Hall–Kier alpha value is -3.15. The molecule has 1 amide bonds. The van der Waals surface area contributed by atoms with E-state index in [1.54, 1.807) is 36.9 Å². The summed E-state index contributed by atoms with van der Waals surface area (Å²) in [6.45, 7) is 7.85. The molecule has 11 nitrogen and oxygen atoms in total. The third-order valence-electron chi connectivity index (χ3n) is 7.08. The zero-order chi connectivity index (χ0) is 25.4. The summed E-state index contributed by atoms with van der Waals surface area (Å²) in [4.78, 5) is 30.6. The van der Waals surface area contributed by atoms with Crippen molar-refractivity contribution < 1.29 is 14.3 Å². The maximum absolute atomic E-state index is 13.3. The molecule has 192 valence electrons. The third-order valence-corrected chi connectivity index (χ3v) is 7.29. The molecule has 5 rings (SSSR count). The Kier molecular flexibility index (Phi) is 6.87. The molecule has 12 heteroatoms. The van der Waals surface area contributed by atoms with Gasteiger partial charge >= 0.3 is 0 Å². The van der Waals surface area contributed by atoms with Crippen LogP contribution in [-0.2, 0) is 14.3 Å². The topological polar surface area (TPSA) is 122 Å². The normalized spacial score (nSPS) is 29.7. The second-order valence-electron chi connectivity index (χ2n) is 9.34. The first-order valence-corrected chi connectivity index (χ1v) is 12.4. The first-order chi connectivity index (χ1) is 17.4. The molecule has 0 bridgehead atoms. The Morgan fingerprint density at radius 3 is 2.72 bits per heavy atom. The fourth-order valence-corrected chi connectivity index (χ4v) is 5.20. The summed E-state index contributed by atoms with van der Waals surface area (Å²) in [6.07, 6.45) is 5.03. The number of ether oxygens (including phenoxy) is 2. The molecule has 2 saturated heterocycles. The van der Waals surface area contributed by atoms with Crippen LogP contribution in [0.15, 0.2) is 50.4 Å². The average Bonchev–Trinajstić information content (AvgIpc) is 3.29. The number of amides is 1. The fourth-order valence-electron chi connectivity index (χ4n) is 4.98. The largest absolute Gasteiger partial charge is 0.381 e. The lowest BCUT2D eigenvalue weighted by Gasteiger charge is -2.30. The van der Waals surface area contributed by atoms with Crippen LogP contribution in [0.5, 0.6) is 0 Å². The molecule has 1 saturated carbocycles. The number of hydrogen-bond donors (Lipinski definition) is 3. The van der Waals surface area contributed by atoms with E-state index in [1.165, 1.54) is 5.01 Å². The van der Waals surface area contributed by atoms with E-state index in [9.17, 15) is 9.59 Å². The van der Waals surface area contributed by atoms with Crippen LogP contribution in [0, 0.1) is 11.8 Å². The average molecular weight is 516 g/mol. The van der Waals surface area contributed by atoms with Crippen LogP contribution in [0.2, 0.25) is 5.02 Å².